The van der Waals surface area contributed by atoms with Crippen molar-refractivity contribution in [1.29, 1.82) is 0 Å². The number of hydrogen-bond acceptors (Lipinski definition) is 4. The maximum atomic E-state index is 11.9. The third kappa shape index (κ3) is 2.15. The molecule has 0 saturated carbocycles. The minimum atomic E-state index is -5.99. The van der Waals surface area contributed by atoms with Gasteiger partial charge in [-0.3, -0.25) is 0 Å². The van der Waals surface area contributed by atoms with E-state index in [4.69, 9.17) is 6.64 Å². The summed E-state index contributed by atoms with van der Waals surface area (Å²) in [5, 5.41) is 3.77. The second-order valence-electron chi connectivity index (χ2n) is 9.70. The van der Waals surface area contributed by atoms with Crippen molar-refractivity contribution in [2.24, 2.45) is 0 Å². The van der Waals surface area contributed by atoms with Crippen molar-refractivity contribution in [2.45, 2.75) is 23.3 Å². The molecule has 144 valence electrons. The van der Waals surface area contributed by atoms with Crippen molar-refractivity contribution < 1.29 is 28.5 Å². The molecule has 2 aliphatic carbocycles. The van der Waals surface area contributed by atoms with Gasteiger partial charge in [0, 0.05) is 0 Å². The van der Waals surface area contributed by atoms with Gasteiger partial charge in [0.25, 0.3) is 0 Å². The van der Waals surface area contributed by atoms with Crippen LogP contribution in [0.4, 0.5) is 0 Å². The van der Waals surface area contributed by atoms with Crippen LogP contribution in [0.2, 0.25) is 10.5 Å². The van der Waals surface area contributed by atoms with Crippen molar-refractivity contribution in [1.82, 2.24) is 0 Å². The van der Waals surface area contributed by atoms with Crippen LogP contribution in [0.1, 0.15) is 17.5 Å². The number of carbonyl (C=O) groups is 2. The summed E-state index contributed by atoms with van der Waals surface area (Å²) in [6.07, 6.45) is 7.15. The Morgan fingerprint density at radius 3 is 2.29 bits per heavy atom. The Morgan fingerprint density at radius 1 is 0.964 bits per heavy atom. The van der Waals surface area contributed by atoms with E-state index in [1.165, 1.54) is 11.1 Å². The van der Waals surface area contributed by atoms with Crippen LogP contribution in [0, 0.1) is 0 Å². The van der Waals surface area contributed by atoms with Crippen LogP contribution >= 0.6 is 0 Å². The molecule has 6 heteroatoms. The molecule has 2 aromatic carbocycles. The number of rotatable bonds is 6. The first kappa shape index (κ1) is 19.1. The normalized spacial score (nSPS) is 18.5. The average Bonchev–Trinajstić information content (AvgIpc) is 3.31. The fourth-order valence-corrected chi connectivity index (χ4v) is 17.0. The van der Waals surface area contributed by atoms with Gasteiger partial charge < -0.3 is 0 Å². The van der Waals surface area contributed by atoms with Gasteiger partial charge >= 0.3 is 163 Å². The predicted molar refractivity (Wildman–Crippen MR) is 111 cm³/mol. The molecule has 0 aliphatic heterocycles. The summed E-state index contributed by atoms with van der Waals surface area (Å²) in [6.45, 7) is 0.903. The molecule has 0 radical (unpaired) electrons. The summed E-state index contributed by atoms with van der Waals surface area (Å²) >= 11 is -5.99. The number of hydrogen-bond donors (Lipinski definition) is 0. The molecule has 0 atom stereocenters. The van der Waals surface area contributed by atoms with E-state index in [1.54, 1.807) is 7.63 Å². The van der Waals surface area contributed by atoms with Crippen molar-refractivity contribution in [3.8, 4) is 11.1 Å². The van der Waals surface area contributed by atoms with Crippen LogP contribution < -0.4 is 3.87 Å². The van der Waals surface area contributed by atoms with Gasteiger partial charge in [0.2, 0.25) is 0 Å². The zero-order valence-electron chi connectivity index (χ0n) is 16.2. The van der Waals surface area contributed by atoms with E-state index in [1.807, 2.05) is 53.0 Å². The molecule has 28 heavy (non-hydrogen) atoms. The van der Waals surface area contributed by atoms with Gasteiger partial charge in [-0.15, -0.1) is 0 Å². The molecule has 0 unspecified atom stereocenters. The second kappa shape index (κ2) is 5.04. The number of fused-ring (bicyclic) bond motifs is 3. The molecule has 0 amide bonds. The first-order valence-corrected chi connectivity index (χ1v) is 19.4. The molecular weight excluding hydrogens is 404 g/mol. The van der Waals surface area contributed by atoms with E-state index in [9.17, 15) is 9.59 Å². The van der Waals surface area contributed by atoms with Gasteiger partial charge in [-0.2, -0.15) is 0 Å². The first-order valence-electron chi connectivity index (χ1n) is 9.45. The Bertz CT molecular complexity index is 1220. The van der Waals surface area contributed by atoms with Gasteiger partial charge in [0.1, 0.15) is 0 Å². The summed E-state index contributed by atoms with van der Waals surface area (Å²) in [6, 6.07) is 14.3. The molecule has 0 heterocycles. The molecule has 0 fully saturated rings. The summed E-state index contributed by atoms with van der Waals surface area (Å²) in [4.78, 5) is 23.9. The Kier molecular flexibility index (Phi) is 3.44. The minimum absolute atomic E-state index is 0.452. The number of allylic oxidation sites excluding steroid dienone is 4. The molecule has 0 N–H and O–H groups in total. The second-order valence-corrected chi connectivity index (χ2v) is 36.8. The van der Waals surface area contributed by atoms with Crippen molar-refractivity contribution in [2.75, 3.05) is 0 Å². The molecule has 0 bridgehead atoms. The summed E-state index contributed by atoms with van der Waals surface area (Å²) in [5.74, 6) is 0. The molecule has 0 saturated heterocycles. The Labute approximate surface area is 162 Å². The Hall–Kier alpha value is -2.21. The van der Waals surface area contributed by atoms with Crippen LogP contribution in [-0.2, 0) is 34.9 Å². The average molecular weight is 428 g/mol. The maximum absolute atomic E-state index is 11.9. The van der Waals surface area contributed by atoms with Crippen LogP contribution in [0.15, 0.2) is 64.6 Å². The topological polar surface area (TPSA) is 52.6 Å². The van der Waals surface area contributed by atoms with E-state index in [0.717, 1.165) is 18.9 Å². The quantitative estimate of drug-likeness (QED) is 0.447. The zero-order chi connectivity index (χ0) is 20.2. The third-order valence-corrected chi connectivity index (χ3v) is 23.9. The molecule has 2 aromatic rings. The molecule has 0 spiro atoms. The number of carbonyl (C=O) groups excluding carboxylic acids is 2. The van der Waals surface area contributed by atoms with Crippen LogP contribution in [-0.4, -0.2) is 20.6 Å². The molecule has 4 rings (SSSR count). The molecule has 2 aliphatic rings. The molecule has 4 nitrogen and oxygen atoms in total. The van der Waals surface area contributed by atoms with E-state index >= 15 is 0 Å². The van der Waals surface area contributed by atoms with Crippen LogP contribution in [0.5, 0.6) is 0 Å². The summed E-state index contributed by atoms with van der Waals surface area (Å²) < 4.78 is 14.0. The molecular formula is C22H24O4SiTi. The number of benzene rings is 2. The Morgan fingerprint density at radius 2 is 1.64 bits per heavy atom. The molecule has 0 aromatic heterocycles. The van der Waals surface area contributed by atoms with E-state index in [0.29, 0.717) is 25.8 Å². The van der Waals surface area contributed by atoms with E-state index in [2.05, 4.69) is 18.2 Å². The van der Waals surface area contributed by atoms with Gasteiger partial charge in [0.15, 0.2) is 0 Å². The monoisotopic (exact) mass is 428 g/mol. The fourth-order valence-electron chi connectivity index (χ4n) is 5.17. The van der Waals surface area contributed by atoms with Crippen molar-refractivity contribution in [3.63, 3.8) is 0 Å². The fraction of sp³-hybridized carbons (Fsp3) is 0.182. The van der Waals surface area contributed by atoms with Crippen molar-refractivity contribution in [3.05, 3.63) is 75.7 Å². The van der Waals surface area contributed by atoms with Gasteiger partial charge in [0.05, 0.1) is 0 Å². The third-order valence-electron chi connectivity index (χ3n) is 7.06. The van der Waals surface area contributed by atoms with Gasteiger partial charge in [-0.25, -0.2) is 0 Å². The predicted octanol–water partition coefficient (Wildman–Crippen LogP) is 3.31. The summed E-state index contributed by atoms with van der Waals surface area (Å²) in [5.41, 5.74) is 4.55. The van der Waals surface area contributed by atoms with Gasteiger partial charge in [-0.05, 0) is 0 Å². The first-order chi connectivity index (χ1) is 13.1. The van der Waals surface area contributed by atoms with Crippen molar-refractivity contribution >= 4 is 24.4 Å². The van der Waals surface area contributed by atoms with Gasteiger partial charge in [-0.1, -0.05) is 0 Å². The van der Waals surface area contributed by atoms with E-state index < -0.39 is 12.3 Å². The standard InChI is InChI=1S/C13H9.C5H5.2CH2O2.2CH3.H2Si.Ti/c1-3-7-12-10(5-1)9-11-6-2-4-8-13(11)12;1-2-4-5-3-1;2*2-1-3;;;;/h1-5,7-8H,9H2;1-3H,4H2;2*1H,(H,2,3);2*1H3;1H2;/q;;;;;;;+2/p-2. The van der Waals surface area contributed by atoms with E-state index in [-0.39, 0.29) is 0 Å². The summed E-state index contributed by atoms with van der Waals surface area (Å²) in [7, 11) is 1.57. The van der Waals surface area contributed by atoms with Crippen LogP contribution in [0.25, 0.3) is 11.1 Å². The SMILES string of the molecule is [CH3][Ti]([CH3])(=[SiH2])([O]C=O)([O]C=O)([C]1=CC=CC1)[c]1cccc2c1Cc1ccccc1-2. The Balaban J connectivity index is 2.18. The zero-order valence-corrected chi connectivity index (χ0v) is 19.2. The van der Waals surface area contributed by atoms with Crippen LogP contribution in [0.3, 0.4) is 0 Å².